The van der Waals surface area contributed by atoms with Crippen molar-refractivity contribution in [3.63, 3.8) is 0 Å². The van der Waals surface area contributed by atoms with E-state index in [4.69, 9.17) is 26.2 Å². The lowest BCUT2D eigenvalue weighted by atomic mass is 10.1. The predicted octanol–water partition coefficient (Wildman–Crippen LogP) is 13.8. The number of para-hydroxylation sites is 2. The van der Waals surface area contributed by atoms with Crippen LogP contribution in [0.4, 0.5) is 0 Å². The van der Waals surface area contributed by atoms with E-state index in [9.17, 15) is 0 Å². The average Bonchev–Trinajstić information content (AvgIpc) is 1.52. The Morgan fingerprint density at radius 3 is 1.37 bits per heavy atom. The van der Waals surface area contributed by atoms with Crippen LogP contribution in [0, 0.1) is 0 Å². The summed E-state index contributed by atoms with van der Waals surface area (Å²) in [5, 5.41) is 5.19. The summed E-state index contributed by atoms with van der Waals surface area (Å²) >= 11 is 1.68. The lowest BCUT2D eigenvalue weighted by Gasteiger charge is -2.03. The average molecular weight is 1450 g/mol. The number of pyridine rings is 10. The molecule has 25 heterocycles. The maximum absolute atomic E-state index is 8.26. The van der Waals surface area contributed by atoms with Gasteiger partial charge in [-0.05, 0) is 78.9 Å². The molecule has 0 aliphatic carbocycles. The van der Waals surface area contributed by atoms with Crippen LogP contribution in [0.25, 0.3) is 178 Å². The van der Waals surface area contributed by atoms with Crippen LogP contribution >= 0.6 is 11.3 Å². The van der Waals surface area contributed by atoms with Gasteiger partial charge in [-0.25, -0.2) is 4.57 Å². The third-order valence-corrected chi connectivity index (χ3v) is 22.4. The summed E-state index contributed by atoms with van der Waals surface area (Å²) in [6, 6.07) is 39.9. The highest BCUT2D eigenvalue weighted by Gasteiger charge is 2.43. The van der Waals surface area contributed by atoms with E-state index in [2.05, 4.69) is 93.9 Å². The van der Waals surface area contributed by atoms with Gasteiger partial charge < -0.3 is 31.2 Å². The molecule has 27 rings (SSSR count). The van der Waals surface area contributed by atoms with E-state index in [-0.39, 0.29) is 0 Å². The molecule has 0 saturated carbocycles. The zero-order chi connectivity index (χ0) is 74.2. The highest BCUT2D eigenvalue weighted by molar-refractivity contribution is 7.25. The zero-order valence-electron chi connectivity index (χ0n) is 60.6. The van der Waals surface area contributed by atoms with Gasteiger partial charge in [-0.2, -0.15) is 9.13 Å². The molecule has 518 valence electrons. The van der Waals surface area contributed by atoms with Crippen molar-refractivity contribution in [2.75, 3.05) is 0 Å². The van der Waals surface area contributed by atoms with E-state index in [0.717, 1.165) is 182 Å². The molecule has 0 spiro atoms. The lowest BCUT2D eigenvalue weighted by Crippen LogP contribution is -2.31. The first-order valence-corrected chi connectivity index (χ1v) is 36.1. The van der Waals surface area contributed by atoms with E-state index < -0.39 is 6.98 Å². The molecule has 25 heteroatoms. The van der Waals surface area contributed by atoms with E-state index >= 15 is 0 Å². The number of benzene rings is 2. The van der Waals surface area contributed by atoms with Gasteiger partial charge in [-0.15, -0.1) is 13.7 Å². The normalized spacial score (nSPS) is 13.4. The summed E-state index contributed by atoms with van der Waals surface area (Å²) in [5.41, 5.74) is 24.7. The van der Waals surface area contributed by atoms with Gasteiger partial charge in [0.25, 0.3) is 44.3 Å². The van der Waals surface area contributed by atoms with Crippen LogP contribution in [0.15, 0.2) is 267 Å². The second-order valence-electron chi connectivity index (χ2n) is 27.2. The third kappa shape index (κ3) is 8.94. The fourth-order valence-corrected chi connectivity index (χ4v) is 17.6. The van der Waals surface area contributed by atoms with E-state index in [0.29, 0.717) is 23.5 Å². The summed E-state index contributed by atoms with van der Waals surface area (Å²) in [7, 11) is 2.03. The number of hydrogen-bond donors (Lipinski definition) is 0. The second kappa shape index (κ2) is 23.5. The second-order valence-corrected chi connectivity index (χ2v) is 28.2. The monoisotopic (exact) mass is 1450 g/mol. The number of imidazole rings is 1. The molecule has 0 N–H and O–H groups in total. The minimum Gasteiger partial charge on any atom is -0.420 e. The van der Waals surface area contributed by atoms with Crippen LogP contribution in [0.1, 0.15) is 31.9 Å². The van der Waals surface area contributed by atoms with Gasteiger partial charge in [0.05, 0.1) is 88.2 Å². The zero-order valence-corrected chi connectivity index (χ0v) is 58.4. The Labute approximate surface area is 622 Å². The first-order chi connectivity index (χ1) is 55.1. The molecule has 22 aromatic rings. The van der Waals surface area contributed by atoms with Crippen molar-refractivity contribution in [1.82, 2.24) is 68.1 Å². The molecule has 20 aromatic heterocycles. The molecule has 0 atom stereocenters. The van der Waals surface area contributed by atoms with Crippen molar-refractivity contribution in [2.24, 2.45) is 14.0 Å². The molecule has 0 unspecified atom stereocenters. The minimum atomic E-state index is -2.33. The van der Waals surface area contributed by atoms with Gasteiger partial charge in [-0.1, -0.05) is 47.7 Å². The molecule has 5 aliphatic heterocycles. The van der Waals surface area contributed by atoms with Crippen molar-refractivity contribution < 1.29 is 49.0 Å². The van der Waals surface area contributed by atoms with Gasteiger partial charge in [0.15, 0.2) is 26.2 Å². The molecule has 0 amide bonds. The third-order valence-electron chi connectivity index (χ3n) is 21.3. The van der Waals surface area contributed by atoms with Crippen molar-refractivity contribution in [3.8, 4) is 68.6 Å². The van der Waals surface area contributed by atoms with Gasteiger partial charge in [0.2, 0.25) is 5.52 Å². The Kier molecular flexibility index (Phi) is 12.4. The summed E-state index contributed by atoms with van der Waals surface area (Å²) in [4.78, 5) is 43.3. The maximum atomic E-state index is 8.26. The highest BCUT2D eigenvalue weighted by Crippen LogP contribution is 2.43. The highest BCUT2D eigenvalue weighted by atomic mass is 32.1. The Balaban J connectivity index is 0.0000000843. The van der Waals surface area contributed by atoms with Crippen LogP contribution in [0.3, 0.4) is 0 Å². The number of hydrogen-bond acceptors (Lipinski definition) is 16. The molecule has 0 saturated heterocycles. The van der Waals surface area contributed by atoms with Crippen molar-refractivity contribution >= 4 is 120 Å². The minimum absolute atomic E-state index is 0.556. The molecule has 2 aromatic carbocycles. The summed E-state index contributed by atoms with van der Waals surface area (Å²) < 4.78 is 74.8. The predicted molar refractivity (Wildman–Crippen MR) is 405 cm³/mol. The lowest BCUT2D eigenvalue weighted by molar-refractivity contribution is -0.648. The molecule has 0 radical (unpaired) electrons. The van der Waals surface area contributed by atoms with Gasteiger partial charge in [-0.3, -0.25) is 54.4 Å². The standard InChI is InChI=1S/C21H16N5.C20H13N4O.C15H11N4O.C14H8N3O2.C14H8N3OS/c1-24-18-8-10-23-12-17(18)19-21(24)26(15-5-3-2-4-6-15)20-16-7-9-22-11-14(16)13-25(19)20;1-2-4-14(5-3-1)24-17-7-9-22-11-16(17)18-20(24)25-19-15-6-8-21-10-13(15)12-23(18)19;1-18-12-3-5-17-7-11(12)13-15(18)20-14-10-2-4-16-6-9(10)8-19(13)14;1-3-15-5-8-7-17-12-10-6-16-4-2-11(10)18-14(12)19-13(17)9(1)8;1-3-15-5-8-7-17-12-10-6-16-4-2-11(10)19-14(12)18-13(17)9(1)8/h2-12H,13H2,1H3;1-11H,12H2;2-7H,8H2,1H3;2*1-6H,7H2/q5*+1/i1D3;;;;. The van der Waals surface area contributed by atoms with Gasteiger partial charge in [0.1, 0.15) is 23.2 Å². The SMILES string of the molecule is Cn1c2ccncc2c2c1oc1[n+]2Cc2cnccc2-1.[2H]C([2H])([2H])n1c2ccncc2c2c1n(-c1ccccc1)c1[n+]2Cc2cnccc2-1.c1cc2c(cn1)C[n+]1c-2oc2oc3ccncc3c21.c1cc2c(cn1)C[n+]1c-2oc2sc3ccncc3c21.c1ccc(-n2c3ccncc3c3c2oc2[n+]3Cc3cnccc3-2)cc1. The Bertz CT molecular complexity index is 7520. The first-order valence-electron chi connectivity index (χ1n) is 36.8. The van der Waals surface area contributed by atoms with Crippen LogP contribution in [0.2, 0.25) is 0 Å². The Morgan fingerprint density at radius 2 is 0.771 bits per heavy atom. The summed E-state index contributed by atoms with van der Waals surface area (Å²) in [5.74, 6) is 5.08. The molecule has 0 bridgehead atoms. The summed E-state index contributed by atoms with van der Waals surface area (Å²) in [6.07, 6.45) is 36.6. The smallest absolute Gasteiger partial charge is 0.385 e. The van der Waals surface area contributed by atoms with Gasteiger partial charge in [0, 0.05) is 164 Å². The number of aromatic nitrogens is 19. The molecule has 5 aliphatic rings. The molecular formula is C84H56N19O5S+5. The molecule has 109 heavy (non-hydrogen) atoms. The van der Waals surface area contributed by atoms with Crippen LogP contribution in [-0.4, -0.2) is 68.1 Å². The van der Waals surface area contributed by atoms with Crippen molar-refractivity contribution in [1.29, 1.82) is 0 Å². The van der Waals surface area contributed by atoms with Gasteiger partial charge >= 0.3 is 34.9 Å². The van der Waals surface area contributed by atoms with Crippen molar-refractivity contribution in [2.45, 2.75) is 32.7 Å². The number of oxazole rings is 4. The van der Waals surface area contributed by atoms with Crippen LogP contribution in [0.5, 0.6) is 0 Å². The topological polar surface area (TPSA) is 234 Å². The molecule has 24 nitrogen and oxygen atoms in total. The Morgan fingerprint density at radius 1 is 0.349 bits per heavy atom. The molecule has 0 fully saturated rings. The number of nitrogens with zero attached hydrogens (tertiary/aromatic N) is 19. The maximum Gasteiger partial charge on any atom is 0.385 e. The Hall–Kier alpha value is -14.6. The fourth-order valence-electron chi connectivity index (χ4n) is 16.6. The van der Waals surface area contributed by atoms with Crippen molar-refractivity contribution in [3.05, 3.63) is 273 Å². The summed E-state index contributed by atoms with van der Waals surface area (Å²) in [6.45, 7) is 1.47. The van der Waals surface area contributed by atoms with Crippen LogP contribution < -0.4 is 22.8 Å². The number of thiophene rings is 1. The molecular weight excluding hydrogens is 1390 g/mol. The van der Waals surface area contributed by atoms with Crippen LogP contribution in [-0.2, 0) is 46.7 Å². The van der Waals surface area contributed by atoms with E-state index in [1.807, 2.05) is 201 Å². The number of rotatable bonds is 2. The largest absolute Gasteiger partial charge is 0.420 e. The fraction of sp³-hybridized carbons (Fsp3) is 0.0833. The quantitative estimate of drug-likeness (QED) is 0.146. The number of aryl methyl sites for hydroxylation is 2. The number of furan rings is 1. The number of fused-ring (bicyclic) bond motifs is 35. The van der Waals surface area contributed by atoms with E-state index in [1.165, 1.54) is 36.9 Å². The first kappa shape index (κ1) is 57.8. The van der Waals surface area contributed by atoms with E-state index in [1.54, 1.807) is 54.6 Å².